The van der Waals surface area contributed by atoms with Crippen molar-refractivity contribution in [2.45, 2.75) is 17.8 Å². The number of rotatable bonds is 8. The second-order valence-electron chi connectivity index (χ2n) is 6.95. The van der Waals surface area contributed by atoms with Crippen LogP contribution in [0.3, 0.4) is 0 Å². The van der Waals surface area contributed by atoms with Crippen molar-refractivity contribution >= 4 is 17.5 Å². The van der Waals surface area contributed by atoms with Crippen molar-refractivity contribution < 1.29 is 14.3 Å². The van der Waals surface area contributed by atoms with E-state index >= 15 is 0 Å². The van der Waals surface area contributed by atoms with Gasteiger partial charge in [-0.2, -0.15) is 0 Å². The molecule has 162 valence electrons. The third kappa shape index (κ3) is 4.50. The number of carbonyl (C=O) groups excluding carboxylic acids is 1. The van der Waals surface area contributed by atoms with E-state index in [9.17, 15) is 4.79 Å². The number of methoxy groups -OCH3 is 2. The highest BCUT2D eigenvalue weighted by Gasteiger charge is 2.17. The van der Waals surface area contributed by atoms with Gasteiger partial charge in [0, 0.05) is 40.5 Å². The van der Waals surface area contributed by atoms with Gasteiger partial charge in [0.05, 0.1) is 14.2 Å². The second kappa shape index (κ2) is 9.65. The monoisotopic (exact) mass is 446 g/mol. The summed E-state index contributed by atoms with van der Waals surface area (Å²) in [7, 11) is 3.26. The molecule has 2 aromatic heterocycles. The van der Waals surface area contributed by atoms with E-state index in [0.717, 1.165) is 33.5 Å². The molecule has 32 heavy (non-hydrogen) atoms. The molecule has 0 saturated heterocycles. The van der Waals surface area contributed by atoms with Crippen LogP contribution < -0.4 is 9.47 Å². The zero-order valence-corrected chi connectivity index (χ0v) is 18.8. The Morgan fingerprint density at radius 2 is 1.72 bits per heavy atom. The van der Waals surface area contributed by atoms with Gasteiger partial charge in [-0.3, -0.25) is 14.3 Å². The van der Waals surface area contributed by atoms with Gasteiger partial charge in [0.2, 0.25) is 0 Å². The number of aromatic nitrogens is 4. The van der Waals surface area contributed by atoms with Gasteiger partial charge in [-0.1, -0.05) is 11.8 Å². The molecule has 0 aliphatic heterocycles. The highest BCUT2D eigenvalue weighted by Crippen LogP contribution is 2.32. The summed E-state index contributed by atoms with van der Waals surface area (Å²) in [5.74, 6) is 2.79. The number of benzene rings is 2. The van der Waals surface area contributed by atoms with E-state index in [2.05, 4.69) is 15.2 Å². The van der Waals surface area contributed by atoms with Crippen LogP contribution in [0.25, 0.3) is 17.1 Å². The normalized spacial score (nSPS) is 10.7. The minimum atomic E-state index is 0.0141. The van der Waals surface area contributed by atoms with Crippen molar-refractivity contribution in [2.75, 3.05) is 14.2 Å². The van der Waals surface area contributed by atoms with Crippen molar-refractivity contribution in [1.29, 1.82) is 0 Å². The average molecular weight is 447 g/mol. The minimum absolute atomic E-state index is 0.0141. The lowest BCUT2D eigenvalue weighted by Gasteiger charge is -2.12. The maximum absolute atomic E-state index is 11.8. The first-order chi connectivity index (χ1) is 15.6. The molecule has 0 N–H and O–H groups in total. The zero-order chi connectivity index (χ0) is 22.5. The van der Waals surface area contributed by atoms with Gasteiger partial charge in [-0.15, -0.1) is 10.2 Å². The number of ketones is 1. The Morgan fingerprint density at radius 3 is 2.38 bits per heavy atom. The summed E-state index contributed by atoms with van der Waals surface area (Å²) < 4.78 is 12.8. The Morgan fingerprint density at radius 1 is 0.969 bits per heavy atom. The SMILES string of the molecule is COc1ccc(-n2c(SCc3cc(C(C)=O)ccc3OC)nnc2-c2ccncc2)cc1. The maximum Gasteiger partial charge on any atom is 0.196 e. The molecule has 0 aliphatic rings. The molecule has 7 nitrogen and oxygen atoms in total. The molecule has 2 aromatic carbocycles. The van der Waals surface area contributed by atoms with Gasteiger partial charge in [-0.05, 0) is 61.5 Å². The number of carbonyl (C=O) groups is 1. The van der Waals surface area contributed by atoms with Crippen LogP contribution in [-0.2, 0) is 5.75 Å². The van der Waals surface area contributed by atoms with Crippen LogP contribution in [0.4, 0.5) is 0 Å². The third-order valence-corrected chi connectivity index (χ3v) is 5.92. The van der Waals surface area contributed by atoms with E-state index in [4.69, 9.17) is 9.47 Å². The first kappa shape index (κ1) is 21.6. The molecule has 4 aromatic rings. The largest absolute Gasteiger partial charge is 0.497 e. The van der Waals surface area contributed by atoms with Crippen LogP contribution in [-0.4, -0.2) is 39.8 Å². The van der Waals surface area contributed by atoms with Gasteiger partial charge >= 0.3 is 0 Å². The molecule has 2 heterocycles. The molecule has 0 unspecified atom stereocenters. The van der Waals surface area contributed by atoms with Gasteiger partial charge in [0.1, 0.15) is 11.5 Å². The lowest BCUT2D eigenvalue weighted by Crippen LogP contribution is -2.01. The summed E-state index contributed by atoms with van der Waals surface area (Å²) in [6, 6.07) is 17.0. The lowest BCUT2D eigenvalue weighted by molar-refractivity contribution is 0.101. The Labute approximate surface area is 190 Å². The Kier molecular flexibility index (Phi) is 6.51. The first-order valence-electron chi connectivity index (χ1n) is 9.91. The van der Waals surface area contributed by atoms with E-state index in [-0.39, 0.29) is 5.78 Å². The second-order valence-corrected chi connectivity index (χ2v) is 7.89. The molecule has 0 amide bonds. The number of thioether (sulfide) groups is 1. The van der Waals surface area contributed by atoms with Crippen molar-refractivity contribution in [3.8, 4) is 28.6 Å². The fourth-order valence-corrected chi connectivity index (χ4v) is 4.20. The van der Waals surface area contributed by atoms with Crippen LogP contribution >= 0.6 is 11.8 Å². The fraction of sp³-hybridized carbons (Fsp3) is 0.167. The summed E-state index contributed by atoms with van der Waals surface area (Å²) >= 11 is 1.52. The van der Waals surface area contributed by atoms with Crippen molar-refractivity contribution in [3.05, 3.63) is 78.1 Å². The van der Waals surface area contributed by atoms with E-state index in [1.807, 2.05) is 53.1 Å². The first-order valence-corrected chi connectivity index (χ1v) is 10.9. The third-order valence-electron chi connectivity index (χ3n) is 4.95. The molecule has 0 saturated carbocycles. The molecule has 4 rings (SSSR count). The van der Waals surface area contributed by atoms with Gasteiger partial charge in [-0.25, -0.2) is 0 Å². The highest BCUT2D eigenvalue weighted by atomic mass is 32.2. The van der Waals surface area contributed by atoms with Crippen molar-refractivity contribution in [2.24, 2.45) is 0 Å². The summed E-state index contributed by atoms with van der Waals surface area (Å²) in [6.45, 7) is 1.56. The van der Waals surface area contributed by atoms with Crippen LogP contribution in [0, 0.1) is 0 Å². The number of nitrogens with zero attached hydrogens (tertiary/aromatic N) is 4. The molecule has 0 atom stereocenters. The van der Waals surface area contributed by atoms with Crippen LogP contribution in [0.5, 0.6) is 11.5 Å². The molecular weight excluding hydrogens is 424 g/mol. The quantitative estimate of drug-likeness (QED) is 0.283. The molecule has 8 heteroatoms. The smallest absolute Gasteiger partial charge is 0.196 e. The number of hydrogen-bond acceptors (Lipinski definition) is 7. The number of hydrogen-bond donors (Lipinski definition) is 0. The predicted octanol–water partition coefficient (Wildman–Crippen LogP) is 4.84. The summed E-state index contributed by atoms with van der Waals surface area (Å²) in [5.41, 5.74) is 3.39. The standard InChI is InChI=1S/C24H22N4O3S/c1-16(29)18-4-9-22(31-3)19(14-18)15-32-24-27-26-23(17-10-12-25-13-11-17)28(24)20-5-7-21(30-2)8-6-20/h4-14H,15H2,1-3H3. The average Bonchev–Trinajstić information content (AvgIpc) is 3.27. The van der Waals surface area contributed by atoms with Gasteiger partial charge < -0.3 is 9.47 Å². The Bertz CT molecular complexity index is 1220. The minimum Gasteiger partial charge on any atom is -0.497 e. The molecular formula is C24H22N4O3S. The molecule has 0 spiro atoms. The van der Waals surface area contributed by atoms with Crippen LogP contribution in [0.2, 0.25) is 0 Å². The number of pyridine rings is 1. The lowest BCUT2D eigenvalue weighted by atomic mass is 10.1. The summed E-state index contributed by atoms with van der Waals surface area (Å²) in [6.07, 6.45) is 3.46. The van der Waals surface area contributed by atoms with E-state index in [1.54, 1.807) is 39.6 Å². The van der Waals surface area contributed by atoms with Crippen molar-refractivity contribution in [1.82, 2.24) is 19.7 Å². The predicted molar refractivity (Wildman–Crippen MR) is 124 cm³/mol. The Hall–Kier alpha value is -3.65. The van der Waals surface area contributed by atoms with E-state index in [1.165, 1.54) is 11.8 Å². The number of ether oxygens (including phenoxy) is 2. The Balaban J connectivity index is 1.72. The fourth-order valence-electron chi connectivity index (χ4n) is 3.27. The molecule has 0 aliphatic carbocycles. The highest BCUT2D eigenvalue weighted by molar-refractivity contribution is 7.98. The maximum atomic E-state index is 11.8. The van der Waals surface area contributed by atoms with Crippen LogP contribution in [0.15, 0.2) is 72.1 Å². The van der Waals surface area contributed by atoms with E-state index in [0.29, 0.717) is 17.1 Å². The van der Waals surface area contributed by atoms with Gasteiger partial charge in [0.15, 0.2) is 16.8 Å². The molecule has 0 radical (unpaired) electrons. The van der Waals surface area contributed by atoms with Gasteiger partial charge in [0.25, 0.3) is 0 Å². The summed E-state index contributed by atoms with van der Waals surface area (Å²) in [5, 5.41) is 9.63. The van der Waals surface area contributed by atoms with Crippen molar-refractivity contribution in [3.63, 3.8) is 0 Å². The van der Waals surface area contributed by atoms with Crippen LogP contribution in [0.1, 0.15) is 22.8 Å². The molecule has 0 fully saturated rings. The molecule has 0 bridgehead atoms. The zero-order valence-electron chi connectivity index (χ0n) is 18.0. The topological polar surface area (TPSA) is 79.1 Å². The number of Topliss-reactive ketones (excluding diaryl/α,β-unsaturated/α-hetero) is 1. The summed E-state index contributed by atoms with van der Waals surface area (Å²) in [4.78, 5) is 15.9. The van der Waals surface area contributed by atoms with E-state index < -0.39 is 0 Å².